The number of carbonyl (C=O) groups is 1. The molecule has 0 heterocycles. The lowest BCUT2D eigenvalue weighted by Crippen LogP contribution is -2.09. The van der Waals surface area contributed by atoms with Gasteiger partial charge in [-0.3, -0.25) is 0 Å². The zero-order chi connectivity index (χ0) is 22.9. The minimum Gasteiger partial charge on any atom is -0.489 e. The van der Waals surface area contributed by atoms with Crippen LogP contribution in [0.5, 0.6) is 11.5 Å². The van der Waals surface area contributed by atoms with Crippen molar-refractivity contribution >= 4 is 5.97 Å². The second kappa shape index (κ2) is 10.7. The number of ether oxygens (including phenoxy) is 2. The van der Waals surface area contributed by atoms with Gasteiger partial charge in [-0.1, -0.05) is 60.4 Å². The van der Waals surface area contributed by atoms with Crippen LogP contribution in [-0.4, -0.2) is 17.7 Å². The van der Waals surface area contributed by atoms with Crippen LogP contribution in [0.1, 0.15) is 16.7 Å². The Morgan fingerprint density at radius 1 is 0.667 bits per heavy atom. The summed E-state index contributed by atoms with van der Waals surface area (Å²) in [5, 5.41) is 8.71. The molecule has 0 atom stereocenters. The van der Waals surface area contributed by atoms with Crippen LogP contribution < -0.4 is 9.47 Å². The zero-order valence-electron chi connectivity index (χ0n) is 17.9. The molecule has 0 fully saturated rings. The number of aliphatic carboxylic acids is 1. The molecule has 0 aromatic heterocycles. The topological polar surface area (TPSA) is 55.8 Å². The SMILES string of the molecule is O=C(O)COc1ccc(OCc2cc(C#Cc3ccccc3)cc(-c3ccccc3)c2)cc1. The normalized spacial score (nSPS) is 10.1. The van der Waals surface area contributed by atoms with Crippen LogP contribution in [0.25, 0.3) is 11.1 Å². The molecule has 4 aromatic carbocycles. The molecule has 0 aliphatic rings. The summed E-state index contributed by atoms with van der Waals surface area (Å²) in [5.74, 6) is 6.62. The predicted molar refractivity (Wildman–Crippen MR) is 128 cm³/mol. The summed E-state index contributed by atoms with van der Waals surface area (Å²) in [6, 6.07) is 33.2. The Morgan fingerprint density at radius 3 is 1.94 bits per heavy atom. The van der Waals surface area contributed by atoms with Crippen molar-refractivity contribution in [3.05, 3.63) is 120 Å². The molecule has 4 aromatic rings. The lowest BCUT2D eigenvalue weighted by molar-refractivity contribution is -0.139. The first kappa shape index (κ1) is 21.7. The fourth-order valence-electron chi connectivity index (χ4n) is 3.25. The average Bonchev–Trinajstić information content (AvgIpc) is 2.86. The van der Waals surface area contributed by atoms with Crippen LogP contribution in [0.15, 0.2) is 103 Å². The summed E-state index contributed by atoms with van der Waals surface area (Å²) in [7, 11) is 0. The molecule has 0 saturated heterocycles. The van der Waals surface area contributed by atoms with Crippen molar-refractivity contribution < 1.29 is 19.4 Å². The maximum atomic E-state index is 10.6. The van der Waals surface area contributed by atoms with E-state index in [1.807, 2.05) is 54.6 Å². The number of benzene rings is 4. The molecule has 0 saturated carbocycles. The van der Waals surface area contributed by atoms with E-state index >= 15 is 0 Å². The highest BCUT2D eigenvalue weighted by molar-refractivity contribution is 5.68. The Balaban J connectivity index is 1.54. The van der Waals surface area contributed by atoms with Crippen molar-refractivity contribution in [2.45, 2.75) is 6.61 Å². The average molecular weight is 434 g/mol. The van der Waals surface area contributed by atoms with Gasteiger partial charge in [-0.25, -0.2) is 4.79 Å². The van der Waals surface area contributed by atoms with Gasteiger partial charge in [-0.2, -0.15) is 0 Å². The summed E-state index contributed by atoms with van der Waals surface area (Å²) in [4.78, 5) is 10.6. The minimum atomic E-state index is -1.01. The number of rotatable bonds is 7. The van der Waals surface area contributed by atoms with E-state index in [0.29, 0.717) is 18.1 Å². The van der Waals surface area contributed by atoms with Crippen LogP contribution in [0.4, 0.5) is 0 Å². The number of carboxylic acid groups (broad SMARTS) is 1. The third-order valence-corrected chi connectivity index (χ3v) is 4.82. The van der Waals surface area contributed by atoms with Crippen molar-refractivity contribution in [3.8, 4) is 34.5 Å². The lowest BCUT2D eigenvalue weighted by atomic mass is 10.00. The van der Waals surface area contributed by atoms with Gasteiger partial charge < -0.3 is 14.6 Å². The highest BCUT2D eigenvalue weighted by atomic mass is 16.5. The quantitative estimate of drug-likeness (QED) is 0.374. The largest absolute Gasteiger partial charge is 0.489 e. The summed E-state index contributed by atoms with van der Waals surface area (Å²) in [5.41, 5.74) is 5.07. The summed E-state index contributed by atoms with van der Waals surface area (Å²) in [6.07, 6.45) is 0. The standard InChI is InChI=1S/C29H22O4/c30-29(31)21-33-28-15-13-27(14-16-28)32-20-24-17-23(12-11-22-7-3-1-4-8-22)18-26(19-24)25-9-5-2-6-10-25/h1-10,13-19H,20-21H2,(H,30,31). The molecule has 0 unspecified atom stereocenters. The van der Waals surface area contributed by atoms with Gasteiger partial charge in [0.1, 0.15) is 18.1 Å². The van der Waals surface area contributed by atoms with Crippen LogP contribution in [-0.2, 0) is 11.4 Å². The fourth-order valence-corrected chi connectivity index (χ4v) is 3.25. The summed E-state index contributed by atoms with van der Waals surface area (Å²) in [6.45, 7) is -0.00467. The van der Waals surface area contributed by atoms with E-state index in [1.54, 1.807) is 24.3 Å². The van der Waals surface area contributed by atoms with Crippen LogP contribution in [0, 0.1) is 11.8 Å². The minimum absolute atomic E-state index is 0.371. The monoisotopic (exact) mass is 434 g/mol. The highest BCUT2D eigenvalue weighted by Crippen LogP contribution is 2.24. The highest BCUT2D eigenvalue weighted by Gasteiger charge is 2.05. The van der Waals surface area contributed by atoms with Gasteiger partial charge in [0, 0.05) is 11.1 Å². The van der Waals surface area contributed by atoms with Crippen molar-refractivity contribution in [1.82, 2.24) is 0 Å². The first-order chi connectivity index (χ1) is 16.2. The maximum absolute atomic E-state index is 10.6. The molecular formula is C29H22O4. The third-order valence-electron chi connectivity index (χ3n) is 4.82. The molecule has 162 valence electrons. The Labute approximate surface area is 193 Å². The van der Waals surface area contributed by atoms with Gasteiger partial charge in [-0.15, -0.1) is 0 Å². The van der Waals surface area contributed by atoms with Crippen LogP contribution in [0.3, 0.4) is 0 Å². The Bertz CT molecular complexity index is 1270. The Kier molecular flexibility index (Phi) is 7.05. The van der Waals surface area contributed by atoms with E-state index in [-0.39, 0.29) is 6.61 Å². The molecular weight excluding hydrogens is 412 g/mol. The molecule has 0 aliphatic carbocycles. The predicted octanol–water partition coefficient (Wildman–Crippen LogP) is 5.80. The molecule has 4 rings (SSSR count). The Morgan fingerprint density at radius 2 is 1.27 bits per heavy atom. The van der Waals surface area contributed by atoms with Gasteiger partial charge in [0.05, 0.1) is 0 Å². The smallest absolute Gasteiger partial charge is 0.341 e. The maximum Gasteiger partial charge on any atom is 0.341 e. The van der Waals surface area contributed by atoms with E-state index in [4.69, 9.17) is 14.6 Å². The van der Waals surface area contributed by atoms with Gasteiger partial charge in [0.15, 0.2) is 6.61 Å². The first-order valence-electron chi connectivity index (χ1n) is 10.5. The molecule has 0 radical (unpaired) electrons. The van der Waals surface area contributed by atoms with Gasteiger partial charge >= 0.3 is 5.97 Å². The molecule has 0 bridgehead atoms. The van der Waals surface area contributed by atoms with Crippen molar-refractivity contribution in [3.63, 3.8) is 0 Å². The number of hydrogen-bond donors (Lipinski definition) is 1. The van der Waals surface area contributed by atoms with Crippen molar-refractivity contribution in [2.24, 2.45) is 0 Å². The van der Waals surface area contributed by atoms with Gasteiger partial charge in [0.25, 0.3) is 0 Å². The molecule has 0 spiro atoms. The second-order valence-electron chi connectivity index (χ2n) is 7.34. The lowest BCUT2D eigenvalue weighted by Gasteiger charge is -2.10. The number of carboxylic acids is 1. The Hall–Kier alpha value is -4.49. The van der Waals surface area contributed by atoms with Crippen molar-refractivity contribution in [2.75, 3.05) is 6.61 Å². The molecule has 4 heteroatoms. The van der Waals surface area contributed by atoms with E-state index in [2.05, 4.69) is 36.1 Å². The second-order valence-corrected chi connectivity index (χ2v) is 7.34. The van der Waals surface area contributed by atoms with Gasteiger partial charge in [0.2, 0.25) is 0 Å². The molecule has 0 amide bonds. The third kappa shape index (κ3) is 6.49. The van der Waals surface area contributed by atoms with E-state index in [9.17, 15) is 4.79 Å². The van der Waals surface area contributed by atoms with E-state index in [1.165, 1.54) is 0 Å². The van der Waals surface area contributed by atoms with Gasteiger partial charge in [-0.05, 0) is 71.3 Å². The molecule has 1 N–H and O–H groups in total. The molecule has 0 aliphatic heterocycles. The van der Waals surface area contributed by atoms with Crippen LogP contribution >= 0.6 is 0 Å². The molecule has 33 heavy (non-hydrogen) atoms. The number of hydrogen-bond acceptors (Lipinski definition) is 3. The first-order valence-corrected chi connectivity index (χ1v) is 10.5. The zero-order valence-corrected chi connectivity index (χ0v) is 17.9. The molecule has 4 nitrogen and oxygen atoms in total. The fraction of sp³-hybridized carbons (Fsp3) is 0.0690. The summed E-state index contributed by atoms with van der Waals surface area (Å²) >= 11 is 0. The van der Waals surface area contributed by atoms with E-state index < -0.39 is 5.97 Å². The van der Waals surface area contributed by atoms with Crippen molar-refractivity contribution in [1.29, 1.82) is 0 Å². The van der Waals surface area contributed by atoms with Crippen LogP contribution in [0.2, 0.25) is 0 Å². The summed E-state index contributed by atoms with van der Waals surface area (Å²) < 4.78 is 11.1. The van der Waals surface area contributed by atoms with E-state index in [0.717, 1.165) is 27.8 Å².